The van der Waals surface area contributed by atoms with Crippen molar-refractivity contribution in [2.75, 3.05) is 11.9 Å². The third-order valence-electron chi connectivity index (χ3n) is 4.19. The van der Waals surface area contributed by atoms with E-state index in [1.54, 1.807) is 0 Å². The van der Waals surface area contributed by atoms with Gasteiger partial charge in [0.15, 0.2) is 0 Å². The van der Waals surface area contributed by atoms with Crippen LogP contribution in [0.4, 0.5) is 5.69 Å². The van der Waals surface area contributed by atoms with E-state index in [1.165, 1.54) is 18.1 Å². The lowest BCUT2D eigenvalue weighted by Crippen LogP contribution is -2.42. The smallest absolute Gasteiger partial charge is 0.323 e. The number of anilines is 1. The molecule has 5 nitrogen and oxygen atoms in total. The third-order valence-corrected chi connectivity index (χ3v) is 4.19. The summed E-state index contributed by atoms with van der Waals surface area (Å²) in [6.07, 6.45) is 1.61. The summed E-state index contributed by atoms with van der Waals surface area (Å²) in [7, 11) is 0. The van der Waals surface area contributed by atoms with Gasteiger partial charge in [0.2, 0.25) is 5.91 Å². The van der Waals surface area contributed by atoms with Crippen LogP contribution in [0.5, 0.6) is 0 Å². The van der Waals surface area contributed by atoms with Gasteiger partial charge in [-0.1, -0.05) is 12.1 Å². The average Bonchev–Trinajstić information content (AvgIpc) is 2.77. The monoisotopic (exact) mass is 288 g/mol. The Kier molecular flexibility index (Phi) is 3.68. The van der Waals surface area contributed by atoms with Gasteiger partial charge in [-0.3, -0.25) is 14.5 Å². The van der Waals surface area contributed by atoms with Crippen LogP contribution in [0.3, 0.4) is 0 Å². The van der Waals surface area contributed by atoms with E-state index in [4.69, 9.17) is 4.74 Å². The second kappa shape index (κ2) is 5.48. The van der Waals surface area contributed by atoms with E-state index in [0.717, 1.165) is 31.6 Å². The lowest BCUT2D eigenvalue weighted by Gasteiger charge is -2.32. The molecule has 2 heterocycles. The number of nitrogens with one attached hydrogen (secondary N) is 1. The normalized spacial score (nSPS) is 25.3. The van der Waals surface area contributed by atoms with Crippen molar-refractivity contribution in [1.29, 1.82) is 0 Å². The van der Waals surface area contributed by atoms with E-state index in [0.29, 0.717) is 0 Å². The number of benzene rings is 1. The van der Waals surface area contributed by atoms with Gasteiger partial charge >= 0.3 is 5.97 Å². The minimum Gasteiger partial charge on any atom is -0.461 e. The van der Waals surface area contributed by atoms with E-state index >= 15 is 0 Å². The van der Waals surface area contributed by atoms with Gasteiger partial charge in [-0.05, 0) is 30.5 Å². The number of hydrogen-bond donors (Lipinski definition) is 1. The Hall–Kier alpha value is -1.88. The van der Waals surface area contributed by atoms with Gasteiger partial charge in [-0.15, -0.1) is 0 Å². The molecule has 2 aliphatic rings. The summed E-state index contributed by atoms with van der Waals surface area (Å²) in [5.41, 5.74) is 3.25. The number of cyclic esters (lactones) is 1. The molecule has 1 saturated heterocycles. The molecule has 1 fully saturated rings. The van der Waals surface area contributed by atoms with Crippen molar-refractivity contribution in [3.8, 4) is 0 Å². The average molecular weight is 288 g/mol. The van der Waals surface area contributed by atoms with Crippen molar-refractivity contribution in [3.63, 3.8) is 0 Å². The highest BCUT2D eigenvalue weighted by Crippen LogP contribution is 2.30. The molecular weight excluding hydrogens is 268 g/mol. The fraction of sp³-hybridized carbons (Fsp3) is 0.500. The number of amides is 1. The van der Waals surface area contributed by atoms with E-state index in [2.05, 4.69) is 16.3 Å². The number of nitrogens with zero attached hydrogens (tertiary/aromatic N) is 1. The standard InChI is InChI=1S/C16H20N2O3/c1-10-8-15(16(20)21-10)18-7-6-13-12(9-18)4-3-5-14(13)17-11(2)19/h3-5,10,15H,6-9H2,1-2H3,(H,17,19)/t10-,15-/m0/s1. The number of fused-ring (bicyclic) bond motifs is 1. The lowest BCUT2D eigenvalue weighted by molar-refractivity contribution is -0.145. The molecule has 5 heteroatoms. The van der Waals surface area contributed by atoms with Gasteiger partial charge < -0.3 is 10.1 Å². The molecule has 0 aliphatic carbocycles. The first-order chi connectivity index (χ1) is 10.0. The quantitative estimate of drug-likeness (QED) is 0.842. The van der Waals surface area contributed by atoms with Crippen molar-refractivity contribution in [1.82, 2.24) is 4.90 Å². The van der Waals surface area contributed by atoms with Crippen LogP contribution in [-0.2, 0) is 27.3 Å². The molecule has 21 heavy (non-hydrogen) atoms. The van der Waals surface area contributed by atoms with E-state index in [1.807, 2.05) is 19.1 Å². The van der Waals surface area contributed by atoms with Gasteiger partial charge in [0.25, 0.3) is 0 Å². The molecular formula is C16H20N2O3. The van der Waals surface area contributed by atoms with E-state index < -0.39 is 0 Å². The van der Waals surface area contributed by atoms with Gasteiger partial charge in [0.05, 0.1) is 0 Å². The highest BCUT2D eigenvalue weighted by atomic mass is 16.6. The molecule has 1 N–H and O–H groups in total. The predicted molar refractivity (Wildman–Crippen MR) is 78.8 cm³/mol. The number of ether oxygens (including phenoxy) is 1. The summed E-state index contributed by atoms with van der Waals surface area (Å²) in [5.74, 6) is -0.164. The Bertz CT molecular complexity index is 585. The van der Waals surface area contributed by atoms with E-state index in [-0.39, 0.29) is 24.0 Å². The van der Waals surface area contributed by atoms with Crippen LogP contribution in [0.25, 0.3) is 0 Å². The SMILES string of the molecule is CC(=O)Nc1cccc2c1CCN([C@H]1C[C@H](C)OC1=O)C2. The molecule has 0 spiro atoms. The number of carbonyl (C=O) groups excluding carboxylic acids is 2. The van der Waals surface area contributed by atoms with Crippen LogP contribution >= 0.6 is 0 Å². The second-order valence-electron chi connectivity index (χ2n) is 5.84. The maximum Gasteiger partial charge on any atom is 0.323 e. The zero-order chi connectivity index (χ0) is 15.0. The molecule has 0 bridgehead atoms. The van der Waals surface area contributed by atoms with E-state index in [9.17, 15) is 9.59 Å². The van der Waals surface area contributed by atoms with Crippen molar-refractivity contribution < 1.29 is 14.3 Å². The summed E-state index contributed by atoms with van der Waals surface area (Å²) in [6.45, 7) is 5.00. The van der Waals surface area contributed by atoms with Gasteiger partial charge in [-0.25, -0.2) is 0 Å². The minimum atomic E-state index is -0.127. The third kappa shape index (κ3) is 2.78. The molecule has 1 aromatic rings. The van der Waals surface area contributed by atoms with Crippen LogP contribution in [0.1, 0.15) is 31.4 Å². The Balaban J connectivity index is 1.80. The van der Waals surface area contributed by atoms with Crippen molar-refractivity contribution in [2.45, 2.75) is 45.4 Å². The fourth-order valence-electron chi connectivity index (χ4n) is 3.24. The maximum absolute atomic E-state index is 11.9. The molecule has 1 amide bonds. The Labute approximate surface area is 124 Å². The Morgan fingerprint density at radius 1 is 1.43 bits per heavy atom. The first-order valence-electron chi connectivity index (χ1n) is 7.37. The summed E-state index contributed by atoms with van der Waals surface area (Å²) >= 11 is 0. The summed E-state index contributed by atoms with van der Waals surface area (Å²) in [5, 5.41) is 2.88. The molecule has 0 saturated carbocycles. The zero-order valence-electron chi connectivity index (χ0n) is 12.4. The Morgan fingerprint density at radius 2 is 2.24 bits per heavy atom. The fourth-order valence-corrected chi connectivity index (χ4v) is 3.24. The van der Waals surface area contributed by atoms with Crippen LogP contribution in [-0.4, -0.2) is 35.5 Å². The Morgan fingerprint density at radius 3 is 2.90 bits per heavy atom. The largest absolute Gasteiger partial charge is 0.461 e. The van der Waals surface area contributed by atoms with Gasteiger partial charge in [-0.2, -0.15) is 0 Å². The topological polar surface area (TPSA) is 58.6 Å². The van der Waals surface area contributed by atoms with Crippen LogP contribution in [0.15, 0.2) is 18.2 Å². The highest BCUT2D eigenvalue weighted by molar-refractivity contribution is 5.89. The highest BCUT2D eigenvalue weighted by Gasteiger charge is 2.37. The summed E-state index contributed by atoms with van der Waals surface area (Å²) < 4.78 is 5.25. The van der Waals surface area contributed by atoms with Crippen LogP contribution < -0.4 is 5.32 Å². The predicted octanol–water partition coefficient (Wildman–Crippen LogP) is 1.71. The molecule has 1 aromatic carbocycles. The summed E-state index contributed by atoms with van der Waals surface area (Å²) in [6, 6.07) is 5.82. The number of hydrogen-bond acceptors (Lipinski definition) is 4. The summed E-state index contributed by atoms with van der Waals surface area (Å²) in [4.78, 5) is 25.3. The second-order valence-corrected chi connectivity index (χ2v) is 5.84. The molecule has 3 rings (SSSR count). The van der Waals surface area contributed by atoms with Crippen molar-refractivity contribution in [3.05, 3.63) is 29.3 Å². The zero-order valence-corrected chi connectivity index (χ0v) is 12.4. The molecule has 112 valence electrons. The number of esters is 1. The van der Waals surface area contributed by atoms with Crippen LogP contribution in [0.2, 0.25) is 0 Å². The molecule has 0 radical (unpaired) electrons. The van der Waals surface area contributed by atoms with Gasteiger partial charge in [0, 0.05) is 32.1 Å². The first kappa shape index (κ1) is 14.1. The minimum absolute atomic E-state index is 0.00890. The molecule has 0 unspecified atom stereocenters. The molecule has 0 aromatic heterocycles. The van der Waals surface area contributed by atoms with Crippen molar-refractivity contribution in [2.24, 2.45) is 0 Å². The van der Waals surface area contributed by atoms with Gasteiger partial charge in [0.1, 0.15) is 12.1 Å². The number of carbonyl (C=O) groups is 2. The maximum atomic E-state index is 11.9. The first-order valence-corrected chi connectivity index (χ1v) is 7.37. The molecule has 2 aliphatic heterocycles. The van der Waals surface area contributed by atoms with Crippen LogP contribution in [0, 0.1) is 0 Å². The van der Waals surface area contributed by atoms with Crippen molar-refractivity contribution >= 4 is 17.6 Å². The lowest BCUT2D eigenvalue weighted by atomic mass is 9.96. The molecule has 2 atom stereocenters. The number of rotatable bonds is 2.